The average Bonchev–Trinajstić information content (AvgIpc) is 2.55. The highest BCUT2D eigenvalue weighted by Gasteiger charge is 2.06. The molecule has 0 bridgehead atoms. The average molecular weight is 341 g/mol. The molecular formula is C16H13ClN6O. The number of benzene rings is 2. The van der Waals surface area contributed by atoms with E-state index in [-0.39, 0.29) is 11.6 Å². The fraction of sp³-hybridized carbons (Fsp3) is 0. The molecule has 0 fully saturated rings. The molecule has 24 heavy (non-hydrogen) atoms. The predicted molar refractivity (Wildman–Crippen MR) is 94.4 cm³/mol. The van der Waals surface area contributed by atoms with E-state index in [2.05, 4.69) is 15.8 Å². The third-order valence-corrected chi connectivity index (χ3v) is 3.12. The van der Waals surface area contributed by atoms with Gasteiger partial charge in [0.2, 0.25) is 5.71 Å². The molecule has 0 aliphatic heterocycles. The van der Waals surface area contributed by atoms with Crippen molar-refractivity contribution >= 4 is 40.4 Å². The fourth-order valence-corrected chi connectivity index (χ4v) is 1.92. The second kappa shape index (κ2) is 7.76. The van der Waals surface area contributed by atoms with Crippen LogP contribution < -0.4 is 16.5 Å². The molecule has 0 aromatic heterocycles. The molecule has 1 amide bonds. The zero-order chi connectivity index (χ0) is 17.5. The third-order valence-electron chi connectivity index (χ3n) is 2.89. The van der Waals surface area contributed by atoms with Crippen molar-refractivity contribution in [3.63, 3.8) is 0 Å². The molecule has 2 aromatic rings. The Hall–Kier alpha value is -3.37. The molecule has 2 rings (SSSR count). The number of rotatable bonds is 5. The van der Waals surface area contributed by atoms with Crippen molar-refractivity contribution in [3.05, 3.63) is 59.1 Å². The summed E-state index contributed by atoms with van der Waals surface area (Å²) in [6, 6.07) is 15.0. The van der Waals surface area contributed by atoms with Crippen LogP contribution in [0.1, 0.15) is 10.4 Å². The van der Waals surface area contributed by atoms with Gasteiger partial charge in [-0.2, -0.15) is 10.4 Å². The van der Waals surface area contributed by atoms with E-state index in [0.717, 1.165) is 0 Å². The molecule has 8 heteroatoms. The number of carbonyl (C=O) groups excluding carboxylic acids is 1. The second-order valence-electron chi connectivity index (χ2n) is 4.64. The van der Waals surface area contributed by atoms with Crippen molar-refractivity contribution in [1.82, 2.24) is 0 Å². The normalized spacial score (nSPS) is 10.6. The molecule has 0 unspecified atom stereocenters. The number of carbonyl (C=O) groups is 1. The van der Waals surface area contributed by atoms with Crippen LogP contribution in [-0.2, 0) is 0 Å². The summed E-state index contributed by atoms with van der Waals surface area (Å²) in [6.07, 6.45) is 0. The Morgan fingerprint density at radius 1 is 1.21 bits per heavy atom. The number of hydrazone groups is 1. The Balaban J connectivity index is 2.05. The Labute approximate surface area is 143 Å². The highest BCUT2D eigenvalue weighted by Crippen LogP contribution is 2.16. The van der Waals surface area contributed by atoms with Gasteiger partial charge >= 0.3 is 0 Å². The maximum Gasteiger partial charge on any atom is 0.255 e. The van der Waals surface area contributed by atoms with E-state index in [9.17, 15) is 4.79 Å². The van der Waals surface area contributed by atoms with Gasteiger partial charge in [0.15, 0.2) is 5.84 Å². The lowest BCUT2D eigenvalue weighted by molar-refractivity contribution is 0.102. The first-order chi connectivity index (χ1) is 11.5. The van der Waals surface area contributed by atoms with E-state index in [1.807, 2.05) is 0 Å². The van der Waals surface area contributed by atoms with Gasteiger partial charge in [-0.15, -0.1) is 0 Å². The van der Waals surface area contributed by atoms with E-state index in [1.54, 1.807) is 54.6 Å². The van der Waals surface area contributed by atoms with Crippen molar-refractivity contribution in [2.24, 2.45) is 10.8 Å². The minimum atomic E-state index is -0.428. The van der Waals surface area contributed by atoms with Gasteiger partial charge in [-0.05, 0) is 42.5 Å². The smallest absolute Gasteiger partial charge is 0.255 e. The minimum Gasteiger partial charge on any atom is -0.382 e. The standard InChI is InChI=1S/C16H13ClN6O/c17-11-2-1-3-13(8-11)21-16(24)10-4-6-12(7-5-10)22-23-14(9-18)15(19)20/h1-8,22H,(H3,19,20)(H,21,24)/b23-14+. The number of nitriles is 1. The molecule has 0 spiro atoms. The quantitative estimate of drug-likeness (QED) is 0.379. The van der Waals surface area contributed by atoms with Crippen molar-refractivity contribution in [2.75, 3.05) is 10.7 Å². The van der Waals surface area contributed by atoms with Crippen LogP contribution in [0.5, 0.6) is 0 Å². The summed E-state index contributed by atoms with van der Waals surface area (Å²) in [4.78, 5) is 12.1. The molecule has 0 atom stereocenters. The lowest BCUT2D eigenvalue weighted by atomic mass is 10.2. The lowest BCUT2D eigenvalue weighted by Crippen LogP contribution is -2.21. The number of amides is 1. The van der Waals surface area contributed by atoms with Gasteiger partial charge in [-0.1, -0.05) is 17.7 Å². The summed E-state index contributed by atoms with van der Waals surface area (Å²) >= 11 is 5.87. The van der Waals surface area contributed by atoms with Crippen LogP contribution in [0, 0.1) is 16.7 Å². The summed E-state index contributed by atoms with van der Waals surface area (Å²) < 4.78 is 0. The maximum atomic E-state index is 12.1. The molecule has 0 heterocycles. The van der Waals surface area contributed by atoms with Crippen molar-refractivity contribution in [1.29, 1.82) is 10.7 Å². The molecular weight excluding hydrogens is 328 g/mol. The zero-order valence-electron chi connectivity index (χ0n) is 12.4. The minimum absolute atomic E-state index is 0.224. The number of anilines is 2. The van der Waals surface area contributed by atoms with E-state index < -0.39 is 5.84 Å². The number of hydrogen-bond acceptors (Lipinski definition) is 5. The monoisotopic (exact) mass is 340 g/mol. The van der Waals surface area contributed by atoms with E-state index in [0.29, 0.717) is 22.0 Å². The topological polar surface area (TPSA) is 127 Å². The molecule has 120 valence electrons. The van der Waals surface area contributed by atoms with Crippen LogP contribution in [0.4, 0.5) is 11.4 Å². The third kappa shape index (κ3) is 4.56. The number of amidine groups is 1. The Morgan fingerprint density at radius 3 is 2.50 bits per heavy atom. The van der Waals surface area contributed by atoms with Crippen LogP contribution >= 0.6 is 11.6 Å². The first-order valence-electron chi connectivity index (χ1n) is 6.75. The van der Waals surface area contributed by atoms with Crippen LogP contribution in [0.3, 0.4) is 0 Å². The summed E-state index contributed by atoms with van der Waals surface area (Å²) in [5.41, 5.74) is 9.14. The van der Waals surface area contributed by atoms with E-state index in [1.165, 1.54) is 0 Å². The molecule has 0 radical (unpaired) electrons. The lowest BCUT2D eigenvalue weighted by Gasteiger charge is -2.06. The number of hydrogen-bond donors (Lipinski definition) is 4. The summed E-state index contributed by atoms with van der Waals surface area (Å²) in [7, 11) is 0. The summed E-state index contributed by atoms with van der Waals surface area (Å²) in [5, 5.41) is 22.9. The largest absolute Gasteiger partial charge is 0.382 e. The van der Waals surface area contributed by atoms with Gasteiger partial charge in [-0.25, -0.2) is 0 Å². The Kier molecular flexibility index (Phi) is 5.49. The van der Waals surface area contributed by atoms with Gasteiger partial charge in [0.25, 0.3) is 5.91 Å². The van der Waals surface area contributed by atoms with Gasteiger partial charge in [0, 0.05) is 16.3 Å². The van der Waals surface area contributed by atoms with Crippen LogP contribution in [-0.4, -0.2) is 17.5 Å². The maximum absolute atomic E-state index is 12.1. The number of halogens is 1. The van der Waals surface area contributed by atoms with Crippen molar-refractivity contribution in [2.45, 2.75) is 0 Å². The number of nitrogens with zero attached hydrogens (tertiary/aromatic N) is 2. The van der Waals surface area contributed by atoms with Crippen molar-refractivity contribution in [3.8, 4) is 6.07 Å². The van der Waals surface area contributed by atoms with E-state index in [4.69, 9.17) is 28.0 Å². The molecule has 0 aliphatic rings. The fourth-order valence-electron chi connectivity index (χ4n) is 1.73. The van der Waals surface area contributed by atoms with Crippen LogP contribution in [0.15, 0.2) is 53.6 Å². The van der Waals surface area contributed by atoms with Crippen LogP contribution in [0.25, 0.3) is 0 Å². The highest BCUT2D eigenvalue weighted by molar-refractivity contribution is 6.45. The molecule has 0 aliphatic carbocycles. The highest BCUT2D eigenvalue weighted by atomic mass is 35.5. The molecule has 0 saturated carbocycles. The van der Waals surface area contributed by atoms with Gasteiger partial charge in [0.05, 0.1) is 5.69 Å². The van der Waals surface area contributed by atoms with Gasteiger partial charge in [0.1, 0.15) is 6.07 Å². The Bertz CT molecular complexity index is 838. The van der Waals surface area contributed by atoms with Crippen molar-refractivity contribution < 1.29 is 4.79 Å². The molecule has 2 aromatic carbocycles. The molecule has 0 saturated heterocycles. The Morgan fingerprint density at radius 2 is 1.92 bits per heavy atom. The van der Waals surface area contributed by atoms with Crippen LogP contribution in [0.2, 0.25) is 5.02 Å². The number of nitrogens with two attached hydrogens (primary N) is 1. The molecule has 5 N–H and O–H groups in total. The zero-order valence-corrected chi connectivity index (χ0v) is 13.1. The summed E-state index contributed by atoms with van der Waals surface area (Å²) in [5.74, 6) is -0.712. The first kappa shape index (κ1) is 17.0. The van der Waals surface area contributed by atoms with Gasteiger partial charge in [-0.3, -0.25) is 15.6 Å². The van der Waals surface area contributed by atoms with E-state index >= 15 is 0 Å². The molecule has 7 nitrogen and oxygen atoms in total. The number of nitrogens with one attached hydrogen (secondary N) is 3. The summed E-state index contributed by atoms with van der Waals surface area (Å²) in [6.45, 7) is 0. The van der Waals surface area contributed by atoms with Gasteiger partial charge < -0.3 is 11.1 Å². The first-order valence-corrected chi connectivity index (χ1v) is 7.12. The SMILES string of the molecule is N#C/C(=N\Nc1ccc(C(=O)Nc2cccc(Cl)c2)cc1)C(=N)N. The second-order valence-corrected chi connectivity index (χ2v) is 5.08. The predicted octanol–water partition coefficient (Wildman–Crippen LogP) is 2.82.